The maximum absolute atomic E-state index is 2.27. The van der Waals surface area contributed by atoms with E-state index in [2.05, 4.69) is 90.6 Å². The van der Waals surface area contributed by atoms with E-state index in [4.69, 9.17) is 0 Å². The lowest BCUT2D eigenvalue weighted by atomic mass is 10.00. The maximum atomic E-state index is 2.27. The number of fused-ring (bicyclic) bond motifs is 3. The Hall–Kier alpha value is -2.67. The van der Waals surface area contributed by atoms with Crippen molar-refractivity contribution in [3.05, 3.63) is 79.0 Å². The maximum Gasteiger partial charge on any atom is 0.212 e. The predicted molar refractivity (Wildman–Crippen MR) is 88.1 cm³/mol. The first kappa shape index (κ1) is 12.1. The van der Waals surface area contributed by atoms with Crippen molar-refractivity contribution in [3.63, 3.8) is 0 Å². The normalized spacial score (nSPS) is 11.1. The van der Waals surface area contributed by atoms with Crippen LogP contribution in [0.3, 0.4) is 0 Å². The molecule has 0 radical (unpaired) electrons. The third-order valence-electron chi connectivity index (χ3n) is 4.07. The van der Waals surface area contributed by atoms with Gasteiger partial charge in [0.15, 0.2) is 6.20 Å². The van der Waals surface area contributed by atoms with Gasteiger partial charge in [0.05, 0.1) is 5.39 Å². The summed E-state index contributed by atoms with van der Waals surface area (Å²) < 4.78 is 2.20. The van der Waals surface area contributed by atoms with E-state index in [-0.39, 0.29) is 0 Å². The summed E-state index contributed by atoms with van der Waals surface area (Å²) in [7, 11) is 2.11. The van der Waals surface area contributed by atoms with Crippen molar-refractivity contribution in [2.45, 2.75) is 0 Å². The molecule has 0 amide bonds. The van der Waals surface area contributed by atoms with Crippen LogP contribution in [0.25, 0.3) is 32.8 Å². The van der Waals surface area contributed by atoms with Gasteiger partial charge in [0.2, 0.25) is 5.52 Å². The van der Waals surface area contributed by atoms with Gasteiger partial charge in [-0.2, -0.15) is 0 Å². The lowest BCUT2D eigenvalue weighted by Crippen LogP contribution is -2.28. The first-order valence-electron chi connectivity index (χ1n) is 7.19. The minimum Gasteiger partial charge on any atom is -0.200 e. The van der Waals surface area contributed by atoms with E-state index < -0.39 is 0 Å². The molecule has 0 atom stereocenters. The number of para-hydroxylation sites is 1. The second-order valence-electron chi connectivity index (χ2n) is 5.43. The predicted octanol–water partition coefficient (Wildman–Crippen LogP) is 4.48. The Bertz CT molecular complexity index is 940. The number of nitrogens with zero attached hydrogens (tertiary/aromatic N) is 1. The molecule has 4 aromatic rings. The summed E-state index contributed by atoms with van der Waals surface area (Å²) in [6.45, 7) is 0. The minimum atomic E-state index is 1.26. The van der Waals surface area contributed by atoms with Gasteiger partial charge in [0, 0.05) is 16.8 Å². The molecule has 1 aromatic heterocycles. The van der Waals surface area contributed by atoms with E-state index in [1.165, 1.54) is 32.8 Å². The average Bonchev–Trinajstić information content (AvgIpc) is 2.55. The van der Waals surface area contributed by atoms with Crippen LogP contribution in [-0.2, 0) is 7.05 Å². The van der Waals surface area contributed by atoms with E-state index in [1.54, 1.807) is 0 Å². The van der Waals surface area contributed by atoms with Crippen molar-refractivity contribution in [3.8, 4) is 11.1 Å². The molecule has 3 aromatic carbocycles. The number of benzene rings is 3. The van der Waals surface area contributed by atoms with Crippen molar-refractivity contribution in [2.24, 2.45) is 7.05 Å². The molecule has 0 aliphatic heterocycles. The Morgan fingerprint density at radius 2 is 1.43 bits per heavy atom. The molecule has 0 aliphatic carbocycles. The standard InChI is InChI=1S/C20H16N/c1-21-14-17-13-16(15-7-3-2-4-8-15)11-12-18(17)19-9-5-6-10-20(19)21/h2-14H,1H3/q+1. The Morgan fingerprint density at radius 3 is 2.29 bits per heavy atom. The quantitative estimate of drug-likeness (QED) is 0.354. The van der Waals surface area contributed by atoms with Crippen LogP contribution < -0.4 is 4.57 Å². The Balaban J connectivity index is 2.03. The Labute approximate surface area is 124 Å². The van der Waals surface area contributed by atoms with Gasteiger partial charge in [0.1, 0.15) is 7.05 Å². The molecule has 0 bridgehead atoms. The summed E-state index contributed by atoms with van der Waals surface area (Å²) in [4.78, 5) is 0. The van der Waals surface area contributed by atoms with E-state index in [9.17, 15) is 0 Å². The van der Waals surface area contributed by atoms with Gasteiger partial charge < -0.3 is 0 Å². The smallest absolute Gasteiger partial charge is 0.200 e. The Morgan fingerprint density at radius 1 is 0.667 bits per heavy atom. The van der Waals surface area contributed by atoms with Crippen LogP contribution in [-0.4, -0.2) is 0 Å². The number of hydrogen-bond acceptors (Lipinski definition) is 0. The summed E-state index contributed by atoms with van der Waals surface area (Å²) in [6, 6.07) is 25.8. The van der Waals surface area contributed by atoms with Gasteiger partial charge in [-0.15, -0.1) is 0 Å². The second kappa shape index (κ2) is 4.71. The fraction of sp³-hybridized carbons (Fsp3) is 0.0500. The zero-order chi connectivity index (χ0) is 14.2. The van der Waals surface area contributed by atoms with Gasteiger partial charge in [-0.1, -0.05) is 54.6 Å². The fourth-order valence-electron chi connectivity index (χ4n) is 3.01. The summed E-state index contributed by atoms with van der Waals surface area (Å²) in [5.74, 6) is 0. The number of aromatic nitrogens is 1. The van der Waals surface area contributed by atoms with Crippen LogP contribution in [0.4, 0.5) is 0 Å². The SMILES string of the molecule is C[n+]1cc2cc(-c3ccccc3)ccc2c2ccccc21. The average molecular weight is 270 g/mol. The molecule has 0 unspecified atom stereocenters. The number of aryl methyl sites for hydroxylation is 1. The molecule has 0 saturated heterocycles. The first-order chi connectivity index (χ1) is 10.3. The number of rotatable bonds is 1. The second-order valence-corrected chi connectivity index (χ2v) is 5.43. The van der Waals surface area contributed by atoms with E-state index in [0.29, 0.717) is 0 Å². The molecule has 100 valence electrons. The molecule has 0 spiro atoms. The minimum absolute atomic E-state index is 1.26. The molecular formula is C20H16N+. The number of hydrogen-bond donors (Lipinski definition) is 0. The van der Waals surface area contributed by atoms with Crippen LogP contribution in [0.1, 0.15) is 0 Å². The lowest BCUT2D eigenvalue weighted by molar-refractivity contribution is -0.643. The van der Waals surface area contributed by atoms with Crippen molar-refractivity contribution < 1.29 is 4.57 Å². The molecule has 1 heterocycles. The molecule has 0 saturated carbocycles. The van der Waals surface area contributed by atoms with Crippen LogP contribution in [0.2, 0.25) is 0 Å². The van der Waals surface area contributed by atoms with E-state index in [0.717, 1.165) is 0 Å². The zero-order valence-corrected chi connectivity index (χ0v) is 12.0. The molecule has 21 heavy (non-hydrogen) atoms. The van der Waals surface area contributed by atoms with E-state index in [1.807, 2.05) is 0 Å². The van der Waals surface area contributed by atoms with Gasteiger partial charge >= 0.3 is 0 Å². The van der Waals surface area contributed by atoms with Gasteiger partial charge in [0.25, 0.3) is 0 Å². The van der Waals surface area contributed by atoms with Crippen LogP contribution >= 0.6 is 0 Å². The fourth-order valence-corrected chi connectivity index (χ4v) is 3.01. The first-order valence-corrected chi connectivity index (χ1v) is 7.19. The Kier molecular flexibility index (Phi) is 2.71. The number of pyridine rings is 1. The highest BCUT2D eigenvalue weighted by Crippen LogP contribution is 2.27. The van der Waals surface area contributed by atoms with Crippen molar-refractivity contribution >= 4 is 21.7 Å². The van der Waals surface area contributed by atoms with Gasteiger partial charge in [-0.3, -0.25) is 0 Å². The summed E-state index contributed by atoms with van der Waals surface area (Å²) in [6.07, 6.45) is 2.21. The van der Waals surface area contributed by atoms with Crippen molar-refractivity contribution in [1.82, 2.24) is 0 Å². The zero-order valence-electron chi connectivity index (χ0n) is 12.0. The van der Waals surface area contributed by atoms with E-state index >= 15 is 0 Å². The van der Waals surface area contributed by atoms with Gasteiger partial charge in [-0.05, 0) is 23.3 Å². The third-order valence-corrected chi connectivity index (χ3v) is 4.07. The van der Waals surface area contributed by atoms with Crippen LogP contribution in [0.5, 0.6) is 0 Å². The summed E-state index contributed by atoms with van der Waals surface area (Å²) in [5, 5.41) is 3.89. The van der Waals surface area contributed by atoms with Crippen molar-refractivity contribution in [1.29, 1.82) is 0 Å². The van der Waals surface area contributed by atoms with Crippen LogP contribution in [0, 0.1) is 0 Å². The summed E-state index contributed by atoms with van der Waals surface area (Å²) >= 11 is 0. The molecular weight excluding hydrogens is 254 g/mol. The van der Waals surface area contributed by atoms with Crippen LogP contribution in [0.15, 0.2) is 79.0 Å². The topological polar surface area (TPSA) is 3.88 Å². The van der Waals surface area contributed by atoms with Gasteiger partial charge in [-0.25, -0.2) is 4.57 Å². The van der Waals surface area contributed by atoms with Crippen molar-refractivity contribution in [2.75, 3.05) is 0 Å². The lowest BCUT2D eigenvalue weighted by Gasteiger charge is -2.06. The monoisotopic (exact) mass is 270 g/mol. The molecule has 0 N–H and O–H groups in total. The largest absolute Gasteiger partial charge is 0.212 e. The molecule has 0 aliphatic rings. The highest BCUT2D eigenvalue weighted by atomic mass is 14.9. The third kappa shape index (κ3) is 1.98. The molecule has 4 rings (SSSR count). The molecule has 1 heteroatoms. The molecule has 0 fully saturated rings. The highest BCUT2D eigenvalue weighted by Gasteiger charge is 2.10. The summed E-state index contributed by atoms with van der Waals surface area (Å²) in [5.41, 5.74) is 3.78. The molecule has 1 nitrogen and oxygen atoms in total. The highest BCUT2D eigenvalue weighted by molar-refractivity contribution is 6.04.